The van der Waals surface area contributed by atoms with E-state index in [1.165, 1.54) is 25.9 Å². The van der Waals surface area contributed by atoms with Gasteiger partial charge in [-0.25, -0.2) is 0 Å². The van der Waals surface area contributed by atoms with E-state index >= 15 is 0 Å². The predicted molar refractivity (Wildman–Crippen MR) is 49.9 cm³/mol. The lowest BCUT2D eigenvalue weighted by atomic mass is 9.83. The van der Waals surface area contributed by atoms with Gasteiger partial charge in [0.2, 0.25) is 0 Å². The predicted octanol–water partition coefficient (Wildman–Crippen LogP) is 1.82. The molecular weight excluding hydrogens is 146 g/mol. The molecule has 0 radical (unpaired) electrons. The molecule has 0 aromatic heterocycles. The summed E-state index contributed by atoms with van der Waals surface area (Å²) in [7, 11) is 2.24. The number of hydrogen-bond donors (Lipinski definition) is 0. The maximum atomic E-state index is 2.47. The van der Waals surface area contributed by atoms with Crippen molar-refractivity contribution in [1.82, 2.24) is 4.90 Å². The summed E-state index contributed by atoms with van der Waals surface area (Å²) in [6, 6.07) is 0. The minimum atomic E-state index is 0.550. The molecule has 2 aliphatic carbocycles. The Hall–Kier alpha value is -0.560. The van der Waals surface area contributed by atoms with Crippen molar-refractivity contribution in [3.63, 3.8) is 0 Å². The van der Waals surface area contributed by atoms with E-state index in [-0.39, 0.29) is 0 Å². The molecule has 3 aliphatic rings. The number of rotatable bonds is 0. The molecule has 1 saturated heterocycles. The van der Waals surface area contributed by atoms with E-state index in [1.54, 1.807) is 0 Å². The van der Waals surface area contributed by atoms with E-state index in [0.717, 1.165) is 0 Å². The summed E-state index contributed by atoms with van der Waals surface area (Å²) in [6.45, 7) is 2.55. The van der Waals surface area contributed by atoms with Gasteiger partial charge in [0, 0.05) is 17.4 Å². The molecular formula is C11H15N. The van der Waals surface area contributed by atoms with Gasteiger partial charge >= 0.3 is 0 Å². The van der Waals surface area contributed by atoms with Gasteiger partial charge in [-0.3, -0.25) is 0 Å². The molecule has 3 rings (SSSR count). The monoisotopic (exact) mass is 161 g/mol. The highest BCUT2D eigenvalue weighted by atomic mass is 15.1. The summed E-state index contributed by atoms with van der Waals surface area (Å²) in [6.07, 6.45) is 12.1. The maximum Gasteiger partial charge on any atom is 0.0112 e. The molecule has 0 N–H and O–H groups in total. The fourth-order valence-corrected chi connectivity index (χ4v) is 3.09. The smallest absolute Gasteiger partial charge is 0.0112 e. The van der Waals surface area contributed by atoms with E-state index in [0.29, 0.717) is 10.8 Å². The lowest BCUT2D eigenvalue weighted by Crippen LogP contribution is -2.37. The van der Waals surface area contributed by atoms with Crippen LogP contribution < -0.4 is 0 Å². The van der Waals surface area contributed by atoms with E-state index in [9.17, 15) is 0 Å². The number of piperidine rings is 1. The van der Waals surface area contributed by atoms with Gasteiger partial charge in [0.1, 0.15) is 0 Å². The van der Waals surface area contributed by atoms with E-state index in [1.807, 2.05) is 0 Å². The lowest BCUT2D eigenvalue weighted by Gasteiger charge is -2.34. The number of allylic oxidation sites excluding steroid dienone is 3. The van der Waals surface area contributed by atoms with Crippen LogP contribution in [0.25, 0.3) is 0 Å². The molecule has 2 fully saturated rings. The molecule has 0 spiro atoms. The summed E-state index contributed by atoms with van der Waals surface area (Å²) in [4.78, 5) is 2.47. The Balaban J connectivity index is 1.98. The van der Waals surface area contributed by atoms with Crippen molar-refractivity contribution in [1.29, 1.82) is 0 Å². The van der Waals surface area contributed by atoms with Gasteiger partial charge in [-0.15, -0.1) is 0 Å². The Kier molecular flexibility index (Phi) is 1.06. The van der Waals surface area contributed by atoms with Gasteiger partial charge in [-0.05, 0) is 26.4 Å². The fourth-order valence-electron chi connectivity index (χ4n) is 3.09. The first-order valence-electron chi connectivity index (χ1n) is 4.82. The second kappa shape index (κ2) is 1.85. The minimum Gasteiger partial charge on any atom is -0.305 e. The van der Waals surface area contributed by atoms with Crippen LogP contribution in [0.4, 0.5) is 0 Å². The molecule has 64 valence electrons. The van der Waals surface area contributed by atoms with E-state index in [4.69, 9.17) is 0 Å². The summed E-state index contributed by atoms with van der Waals surface area (Å²) < 4.78 is 0. The highest BCUT2D eigenvalue weighted by Crippen LogP contribution is 2.70. The Morgan fingerprint density at radius 1 is 1.17 bits per heavy atom. The molecule has 0 aromatic rings. The van der Waals surface area contributed by atoms with Crippen molar-refractivity contribution in [3.05, 3.63) is 24.3 Å². The van der Waals surface area contributed by atoms with Crippen LogP contribution in [-0.2, 0) is 0 Å². The molecule has 2 unspecified atom stereocenters. The Morgan fingerprint density at radius 2 is 1.92 bits per heavy atom. The molecule has 1 heterocycles. The van der Waals surface area contributed by atoms with Crippen LogP contribution in [0.3, 0.4) is 0 Å². The number of nitrogens with zero attached hydrogens (tertiary/aromatic N) is 1. The third-order valence-electron chi connectivity index (χ3n) is 3.93. The second-order valence-corrected chi connectivity index (χ2v) is 4.70. The van der Waals surface area contributed by atoms with Gasteiger partial charge in [0.25, 0.3) is 0 Å². The molecule has 0 amide bonds. The zero-order valence-electron chi connectivity index (χ0n) is 7.59. The minimum absolute atomic E-state index is 0.550. The molecule has 1 saturated carbocycles. The van der Waals surface area contributed by atoms with Crippen LogP contribution in [0.2, 0.25) is 0 Å². The van der Waals surface area contributed by atoms with Crippen LogP contribution in [0, 0.1) is 10.8 Å². The zero-order chi connectivity index (χ0) is 8.23. The highest BCUT2D eigenvalue weighted by Gasteiger charge is 2.66. The molecule has 0 bridgehead atoms. The molecule has 0 aromatic carbocycles. The van der Waals surface area contributed by atoms with Crippen molar-refractivity contribution in [2.45, 2.75) is 12.8 Å². The van der Waals surface area contributed by atoms with Gasteiger partial charge < -0.3 is 4.90 Å². The quantitative estimate of drug-likeness (QED) is 0.524. The first-order valence-corrected chi connectivity index (χ1v) is 4.82. The van der Waals surface area contributed by atoms with Gasteiger partial charge in [-0.2, -0.15) is 0 Å². The first kappa shape index (κ1) is 6.90. The van der Waals surface area contributed by atoms with Crippen LogP contribution in [-0.4, -0.2) is 25.0 Å². The molecule has 1 heteroatoms. The summed E-state index contributed by atoms with van der Waals surface area (Å²) in [5.74, 6) is 0. The van der Waals surface area contributed by atoms with Crippen molar-refractivity contribution >= 4 is 0 Å². The molecule has 12 heavy (non-hydrogen) atoms. The molecule has 2 atom stereocenters. The SMILES string of the molecule is CN1CCC23C=CC=CC2(C1)C3. The Bertz CT molecular complexity index is 279. The van der Waals surface area contributed by atoms with Crippen molar-refractivity contribution in [2.24, 2.45) is 10.8 Å². The average Bonchev–Trinajstić information content (AvgIpc) is 2.72. The van der Waals surface area contributed by atoms with Gasteiger partial charge in [0.05, 0.1) is 0 Å². The average molecular weight is 161 g/mol. The Labute approximate surface area is 73.8 Å². The van der Waals surface area contributed by atoms with E-state index < -0.39 is 0 Å². The summed E-state index contributed by atoms with van der Waals surface area (Å²) >= 11 is 0. The van der Waals surface area contributed by atoms with Crippen LogP contribution in [0.1, 0.15) is 12.8 Å². The third-order valence-corrected chi connectivity index (χ3v) is 3.93. The Morgan fingerprint density at radius 3 is 2.75 bits per heavy atom. The van der Waals surface area contributed by atoms with Gasteiger partial charge in [-0.1, -0.05) is 24.3 Å². The van der Waals surface area contributed by atoms with Crippen molar-refractivity contribution in [2.75, 3.05) is 20.1 Å². The second-order valence-electron chi connectivity index (χ2n) is 4.70. The molecule has 1 aliphatic heterocycles. The van der Waals surface area contributed by atoms with Crippen molar-refractivity contribution in [3.8, 4) is 0 Å². The maximum absolute atomic E-state index is 2.47. The third kappa shape index (κ3) is 0.639. The van der Waals surface area contributed by atoms with Crippen molar-refractivity contribution < 1.29 is 0 Å². The largest absolute Gasteiger partial charge is 0.305 e. The lowest BCUT2D eigenvalue weighted by molar-refractivity contribution is 0.197. The standard InChI is InChI=1S/C11H15N/c1-12-7-6-10-4-2-3-5-11(10,8-10)9-12/h2-5H,6-9H2,1H3. The van der Waals surface area contributed by atoms with Gasteiger partial charge in [0.15, 0.2) is 0 Å². The zero-order valence-corrected chi connectivity index (χ0v) is 7.59. The summed E-state index contributed by atoms with van der Waals surface area (Å²) in [5.41, 5.74) is 1.14. The number of hydrogen-bond acceptors (Lipinski definition) is 1. The van der Waals surface area contributed by atoms with Crippen LogP contribution in [0.15, 0.2) is 24.3 Å². The van der Waals surface area contributed by atoms with E-state index in [2.05, 4.69) is 36.3 Å². The highest BCUT2D eigenvalue weighted by molar-refractivity contribution is 5.38. The van der Waals surface area contributed by atoms with Crippen LogP contribution in [0.5, 0.6) is 0 Å². The molecule has 1 nitrogen and oxygen atoms in total. The number of likely N-dealkylation sites (tertiary alicyclic amines) is 1. The topological polar surface area (TPSA) is 3.24 Å². The normalized spacial score (nSPS) is 50.1. The fraction of sp³-hybridized carbons (Fsp3) is 0.636. The first-order chi connectivity index (χ1) is 5.77. The summed E-state index contributed by atoms with van der Waals surface area (Å²) in [5, 5.41) is 0. The van der Waals surface area contributed by atoms with Crippen LogP contribution >= 0.6 is 0 Å².